The molecule has 1 amide bonds. The summed E-state index contributed by atoms with van der Waals surface area (Å²) < 4.78 is 5.36. The quantitative estimate of drug-likeness (QED) is 0.503. The van der Waals surface area contributed by atoms with Gasteiger partial charge in [0.15, 0.2) is 6.61 Å². The molecule has 0 bridgehead atoms. The normalized spacial score (nSPS) is 10.6. The Hall–Kier alpha value is -2.74. The summed E-state index contributed by atoms with van der Waals surface area (Å²) >= 11 is 0.974. The van der Waals surface area contributed by atoms with Gasteiger partial charge in [0.1, 0.15) is 5.75 Å². The van der Waals surface area contributed by atoms with E-state index in [4.69, 9.17) is 4.74 Å². The summed E-state index contributed by atoms with van der Waals surface area (Å²) in [7, 11) is 0. The van der Waals surface area contributed by atoms with E-state index in [2.05, 4.69) is 10.5 Å². The van der Waals surface area contributed by atoms with E-state index in [1.807, 2.05) is 25.1 Å². The van der Waals surface area contributed by atoms with Crippen molar-refractivity contribution in [1.29, 1.82) is 0 Å². The molecule has 0 spiro atoms. The van der Waals surface area contributed by atoms with Crippen LogP contribution >= 0.6 is 11.3 Å². The molecule has 1 heterocycles. The van der Waals surface area contributed by atoms with Crippen molar-refractivity contribution < 1.29 is 14.5 Å². The highest BCUT2D eigenvalue weighted by Gasteiger charge is 2.08. The van der Waals surface area contributed by atoms with Gasteiger partial charge in [-0.3, -0.25) is 14.9 Å². The van der Waals surface area contributed by atoms with Crippen molar-refractivity contribution in [2.24, 2.45) is 5.10 Å². The van der Waals surface area contributed by atoms with Gasteiger partial charge in [0, 0.05) is 6.07 Å². The second kappa shape index (κ2) is 7.32. The molecule has 0 radical (unpaired) electrons. The standard InChI is InChI=1S/C14H13N3O4S/c1-10-4-2-3-5-12(10)21-9-13(18)16-15-8-11-6-7-14(22-11)17(19)20/h2-8H,9H2,1H3,(H,16,18)/b15-8-. The van der Waals surface area contributed by atoms with Gasteiger partial charge >= 0.3 is 5.00 Å². The lowest BCUT2D eigenvalue weighted by atomic mass is 10.2. The number of aryl methyl sites for hydroxylation is 1. The Kier molecular flexibility index (Phi) is 5.21. The van der Waals surface area contributed by atoms with Gasteiger partial charge in [-0.15, -0.1) is 0 Å². The Labute approximate surface area is 130 Å². The molecular weight excluding hydrogens is 306 g/mol. The molecule has 1 aromatic carbocycles. The molecule has 0 aliphatic rings. The molecule has 0 saturated carbocycles. The molecule has 0 aliphatic carbocycles. The monoisotopic (exact) mass is 319 g/mol. The maximum absolute atomic E-state index is 11.6. The molecule has 1 aromatic heterocycles. The van der Waals surface area contributed by atoms with E-state index in [1.54, 1.807) is 12.1 Å². The predicted octanol–water partition coefficient (Wildman–Crippen LogP) is 2.49. The number of rotatable bonds is 6. The minimum absolute atomic E-state index is 0.0238. The van der Waals surface area contributed by atoms with Gasteiger partial charge in [-0.1, -0.05) is 29.5 Å². The van der Waals surface area contributed by atoms with Crippen molar-refractivity contribution in [2.45, 2.75) is 6.92 Å². The zero-order valence-corrected chi connectivity index (χ0v) is 12.5. The third-order valence-corrected chi connectivity index (χ3v) is 3.60. The van der Waals surface area contributed by atoms with Crippen molar-refractivity contribution in [3.63, 3.8) is 0 Å². The van der Waals surface area contributed by atoms with Gasteiger partial charge in [-0.25, -0.2) is 5.43 Å². The summed E-state index contributed by atoms with van der Waals surface area (Å²) in [6.45, 7) is 1.72. The third-order valence-electron chi connectivity index (χ3n) is 2.63. The Morgan fingerprint density at radius 3 is 2.86 bits per heavy atom. The van der Waals surface area contributed by atoms with Crippen LogP contribution in [-0.2, 0) is 4.79 Å². The number of hydrogen-bond acceptors (Lipinski definition) is 6. The van der Waals surface area contributed by atoms with Crippen molar-refractivity contribution >= 4 is 28.5 Å². The molecule has 0 fully saturated rings. The largest absolute Gasteiger partial charge is 0.483 e. The number of amides is 1. The summed E-state index contributed by atoms with van der Waals surface area (Å²) in [4.78, 5) is 22.2. The van der Waals surface area contributed by atoms with Gasteiger partial charge in [0.05, 0.1) is 16.0 Å². The van der Waals surface area contributed by atoms with Gasteiger partial charge in [-0.2, -0.15) is 5.10 Å². The number of nitrogens with one attached hydrogen (secondary N) is 1. The molecule has 0 atom stereocenters. The molecule has 0 aliphatic heterocycles. The first-order valence-corrected chi connectivity index (χ1v) is 7.12. The van der Waals surface area contributed by atoms with Gasteiger partial charge in [0.2, 0.25) is 0 Å². The highest BCUT2D eigenvalue weighted by atomic mass is 32.1. The molecule has 114 valence electrons. The fourth-order valence-electron chi connectivity index (χ4n) is 1.57. The molecule has 2 rings (SSSR count). The molecule has 22 heavy (non-hydrogen) atoms. The number of thiophene rings is 1. The van der Waals surface area contributed by atoms with E-state index in [1.165, 1.54) is 12.3 Å². The van der Waals surface area contributed by atoms with Crippen LogP contribution in [0.4, 0.5) is 5.00 Å². The van der Waals surface area contributed by atoms with Crippen molar-refractivity contribution in [3.8, 4) is 5.75 Å². The lowest BCUT2D eigenvalue weighted by Crippen LogP contribution is -2.24. The second-order valence-electron chi connectivity index (χ2n) is 4.28. The second-order valence-corrected chi connectivity index (χ2v) is 5.37. The topological polar surface area (TPSA) is 93.8 Å². The third kappa shape index (κ3) is 4.38. The van der Waals surface area contributed by atoms with Crippen molar-refractivity contribution in [3.05, 3.63) is 57.0 Å². The first kappa shape index (κ1) is 15.6. The van der Waals surface area contributed by atoms with E-state index in [9.17, 15) is 14.9 Å². The zero-order valence-electron chi connectivity index (χ0n) is 11.7. The average molecular weight is 319 g/mol. The SMILES string of the molecule is Cc1ccccc1OCC(=O)N/N=C\c1ccc([N+](=O)[O-])s1. The highest BCUT2D eigenvalue weighted by Crippen LogP contribution is 2.22. The number of benzene rings is 1. The summed E-state index contributed by atoms with van der Waals surface area (Å²) in [6, 6.07) is 10.3. The van der Waals surface area contributed by atoms with Crippen LogP contribution in [0.2, 0.25) is 0 Å². The number of ether oxygens (including phenoxy) is 1. The lowest BCUT2D eigenvalue weighted by Gasteiger charge is -2.07. The average Bonchev–Trinajstić information content (AvgIpc) is 2.95. The molecule has 0 unspecified atom stereocenters. The number of nitrogens with zero attached hydrogens (tertiary/aromatic N) is 2. The van der Waals surface area contributed by atoms with Crippen molar-refractivity contribution in [2.75, 3.05) is 6.61 Å². The van der Waals surface area contributed by atoms with E-state index in [-0.39, 0.29) is 11.6 Å². The first-order chi connectivity index (χ1) is 10.6. The van der Waals surface area contributed by atoms with E-state index >= 15 is 0 Å². The van der Waals surface area contributed by atoms with Crippen LogP contribution in [0.1, 0.15) is 10.4 Å². The number of hydrogen-bond donors (Lipinski definition) is 1. The van der Waals surface area contributed by atoms with Crippen LogP contribution in [0.25, 0.3) is 0 Å². The predicted molar refractivity (Wildman–Crippen MR) is 83.4 cm³/mol. The molecule has 8 heteroatoms. The van der Waals surface area contributed by atoms with Gasteiger partial charge < -0.3 is 4.74 Å². The molecule has 0 saturated heterocycles. The minimum atomic E-state index is -0.476. The number of para-hydroxylation sites is 1. The van der Waals surface area contributed by atoms with Gasteiger partial charge in [0.25, 0.3) is 5.91 Å². The summed E-state index contributed by atoms with van der Waals surface area (Å²) in [5.41, 5.74) is 3.24. The van der Waals surface area contributed by atoms with Gasteiger partial charge in [-0.05, 0) is 24.6 Å². The number of nitro groups is 1. The van der Waals surface area contributed by atoms with Crippen LogP contribution in [-0.4, -0.2) is 23.7 Å². The van der Waals surface area contributed by atoms with Crippen LogP contribution in [0.3, 0.4) is 0 Å². The Bertz CT molecular complexity index is 712. The Morgan fingerprint density at radius 2 is 2.18 bits per heavy atom. The lowest BCUT2D eigenvalue weighted by molar-refractivity contribution is -0.380. The first-order valence-electron chi connectivity index (χ1n) is 6.31. The molecule has 7 nitrogen and oxygen atoms in total. The fourth-order valence-corrected chi connectivity index (χ4v) is 2.27. The van der Waals surface area contributed by atoms with Crippen LogP contribution in [0, 0.1) is 17.0 Å². The van der Waals surface area contributed by atoms with Crippen molar-refractivity contribution in [1.82, 2.24) is 5.43 Å². The smallest absolute Gasteiger partial charge is 0.324 e. The minimum Gasteiger partial charge on any atom is -0.483 e. The Morgan fingerprint density at radius 1 is 1.41 bits per heavy atom. The highest BCUT2D eigenvalue weighted by molar-refractivity contribution is 7.16. The van der Waals surface area contributed by atoms with Crippen LogP contribution in [0.15, 0.2) is 41.5 Å². The zero-order chi connectivity index (χ0) is 15.9. The van der Waals surface area contributed by atoms with E-state index < -0.39 is 10.8 Å². The molecule has 2 aromatic rings. The van der Waals surface area contributed by atoms with E-state index in [0.29, 0.717) is 10.6 Å². The summed E-state index contributed by atoms with van der Waals surface area (Å²) in [6.07, 6.45) is 1.35. The molecule has 1 N–H and O–H groups in total. The maximum atomic E-state index is 11.6. The van der Waals surface area contributed by atoms with E-state index in [0.717, 1.165) is 16.9 Å². The number of hydrazone groups is 1. The number of carbonyl (C=O) groups excluding carboxylic acids is 1. The fraction of sp³-hybridized carbons (Fsp3) is 0.143. The van der Waals surface area contributed by atoms with Crippen LogP contribution < -0.4 is 10.2 Å². The summed E-state index contributed by atoms with van der Waals surface area (Å²) in [5, 5.41) is 14.3. The summed E-state index contributed by atoms with van der Waals surface area (Å²) in [5.74, 6) is 0.223. The maximum Gasteiger partial charge on any atom is 0.324 e. The Balaban J connectivity index is 1.81. The van der Waals surface area contributed by atoms with Crippen LogP contribution in [0.5, 0.6) is 5.75 Å². The number of carbonyl (C=O) groups is 1. The molecular formula is C14H13N3O4S.